The van der Waals surface area contributed by atoms with Gasteiger partial charge >= 0.3 is 0 Å². The van der Waals surface area contributed by atoms with Gasteiger partial charge in [0, 0.05) is 29.3 Å². The van der Waals surface area contributed by atoms with Crippen LogP contribution in [0.15, 0.2) is 35.5 Å². The molecule has 1 aromatic heterocycles. The molecule has 0 bridgehead atoms. The number of thioether (sulfide) groups is 1. The lowest BCUT2D eigenvalue weighted by Gasteiger charge is -2.17. The van der Waals surface area contributed by atoms with Crippen LogP contribution in [-0.2, 0) is 6.42 Å². The van der Waals surface area contributed by atoms with Crippen molar-refractivity contribution in [2.24, 2.45) is 0 Å². The van der Waals surface area contributed by atoms with Gasteiger partial charge in [0.05, 0.1) is 21.7 Å². The first-order chi connectivity index (χ1) is 12.1. The lowest BCUT2D eigenvalue weighted by Crippen LogP contribution is -2.15. The van der Waals surface area contributed by atoms with Gasteiger partial charge in [-0.25, -0.2) is 0 Å². The van der Waals surface area contributed by atoms with E-state index in [9.17, 15) is 4.79 Å². The summed E-state index contributed by atoms with van der Waals surface area (Å²) in [5.41, 5.74) is 1.18. The standard InChI is InChI=1S/C19H19Cl2NO2S/c1-25-13-6-7-14(19(8-13)24-12-4-2-3-5-12)18(23)9-15-16(20)10-22-11-17(15)21/h6-8,10-12H,2-5,9H2,1H3. The minimum absolute atomic E-state index is 0.0596. The smallest absolute Gasteiger partial charge is 0.171 e. The van der Waals surface area contributed by atoms with E-state index in [1.54, 1.807) is 11.8 Å². The summed E-state index contributed by atoms with van der Waals surface area (Å²) in [6, 6.07) is 5.72. The molecular formula is C19H19Cl2NO2S. The Morgan fingerprint density at radius 1 is 1.24 bits per heavy atom. The number of halogens is 2. The van der Waals surface area contributed by atoms with Crippen molar-refractivity contribution >= 4 is 40.7 Å². The number of nitrogens with zero attached hydrogens (tertiary/aromatic N) is 1. The zero-order valence-electron chi connectivity index (χ0n) is 13.9. The van der Waals surface area contributed by atoms with Crippen molar-refractivity contribution in [3.8, 4) is 5.75 Å². The van der Waals surface area contributed by atoms with Crippen molar-refractivity contribution in [2.45, 2.75) is 43.1 Å². The summed E-state index contributed by atoms with van der Waals surface area (Å²) in [6.07, 6.45) is 9.77. The summed E-state index contributed by atoms with van der Waals surface area (Å²) >= 11 is 13.9. The van der Waals surface area contributed by atoms with Crippen molar-refractivity contribution in [3.05, 3.63) is 51.8 Å². The lowest BCUT2D eigenvalue weighted by molar-refractivity contribution is 0.0985. The Morgan fingerprint density at radius 2 is 1.92 bits per heavy atom. The van der Waals surface area contributed by atoms with E-state index in [1.165, 1.54) is 25.2 Å². The summed E-state index contributed by atoms with van der Waals surface area (Å²) in [5.74, 6) is 0.598. The molecule has 25 heavy (non-hydrogen) atoms. The fraction of sp³-hybridized carbons (Fsp3) is 0.368. The van der Waals surface area contributed by atoms with Crippen molar-refractivity contribution in [3.63, 3.8) is 0 Å². The van der Waals surface area contributed by atoms with Crippen LogP contribution in [0.25, 0.3) is 0 Å². The van der Waals surface area contributed by atoms with Gasteiger partial charge in [-0.15, -0.1) is 11.8 Å². The molecule has 1 saturated carbocycles. The number of rotatable bonds is 6. The molecule has 6 heteroatoms. The molecule has 0 radical (unpaired) electrons. The third-order valence-corrected chi connectivity index (χ3v) is 5.75. The maximum Gasteiger partial charge on any atom is 0.171 e. The first kappa shape index (κ1) is 18.6. The maximum absolute atomic E-state index is 12.9. The Kier molecular flexibility index (Phi) is 6.26. The molecule has 1 aliphatic carbocycles. The van der Waals surface area contributed by atoms with Crippen LogP contribution in [0.3, 0.4) is 0 Å². The number of carbonyl (C=O) groups excluding carboxylic acids is 1. The van der Waals surface area contributed by atoms with Gasteiger partial charge in [-0.05, 0) is 50.1 Å². The summed E-state index contributed by atoms with van der Waals surface area (Å²) in [7, 11) is 0. The van der Waals surface area contributed by atoms with Gasteiger partial charge in [-0.3, -0.25) is 9.78 Å². The van der Waals surface area contributed by atoms with Crippen LogP contribution < -0.4 is 4.74 Å². The van der Waals surface area contributed by atoms with Crippen LogP contribution >= 0.6 is 35.0 Å². The van der Waals surface area contributed by atoms with Crippen molar-refractivity contribution in [1.29, 1.82) is 0 Å². The van der Waals surface area contributed by atoms with Crippen LogP contribution in [0, 0.1) is 0 Å². The molecule has 0 spiro atoms. The molecule has 0 unspecified atom stereocenters. The van der Waals surface area contributed by atoms with E-state index in [0.29, 0.717) is 26.9 Å². The molecule has 0 saturated heterocycles. The number of benzene rings is 1. The number of aromatic nitrogens is 1. The van der Waals surface area contributed by atoms with E-state index in [2.05, 4.69) is 4.98 Å². The fourth-order valence-electron chi connectivity index (χ4n) is 3.01. The predicted octanol–water partition coefficient (Wildman–Crippen LogP) is 5.86. The van der Waals surface area contributed by atoms with Crippen LogP contribution in [0.1, 0.15) is 41.6 Å². The van der Waals surface area contributed by atoms with Gasteiger partial charge < -0.3 is 4.74 Å². The van der Waals surface area contributed by atoms with E-state index in [4.69, 9.17) is 27.9 Å². The highest BCUT2D eigenvalue weighted by atomic mass is 35.5. The number of hydrogen-bond donors (Lipinski definition) is 0. The van der Waals surface area contributed by atoms with Gasteiger partial charge in [0.1, 0.15) is 5.75 Å². The summed E-state index contributed by atoms with van der Waals surface area (Å²) in [4.78, 5) is 17.9. The molecule has 3 rings (SSSR count). The van der Waals surface area contributed by atoms with Crippen LogP contribution in [0.2, 0.25) is 10.0 Å². The number of ether oxygens (including phenoxy) is 1. The van der Waals surface area contributed by atoms with Crippen LogP contribution in [0.5, 0.6) is 5.75 Å². The number of ketones is 1. The predicted molar refractivity (Wildman–Crippen MR) is 103 cm³/mol. The minimum atomic E-state index is -0.0596. The van der Waals surface area contributed by atoms with E-state index < -0.39 is 0 Å². The van der Waals surface area contributed by atoms with Crippen molar-refractivity contribution < 1.29 is 9.53 Å². The van der Waals surface area contributed by atoms with Gasteiger partial charge in [0.25, 0.3) is 0 Å². The molecule has 1 aromatic carbocycles. The second-order valence-corrected chi connectivity index (χ2v) is 7.76. The molecule has 1 heterocycles. The number of pyridine rings is 1. The SMILES string of the molecule is CSc1ccc(C(=O)Cc2c(Cl)cncc2Cl)c(OC2CCCC2)c1. The lowest BCUT2D eigenvalue weighted by atomic mass is 10.0. The maximum atomic E-state index is 12.9. The third-order valence-electron chi connectivity index (χ3n) is 4.37. The van der Waals surface area contributed by atoms with Gasteiger partial charge in [0.15, 0.2) is 5.78 Å². The second-order valence-electron chi connectivity index (χ2n) is 6.07. The zero-order chi connectivity index (χ0) is 17.8. The summed E-state index contributed by atoms with van der Waals surface area (Å²) < 4.78 is 6.16. The van der Waals surface area contributed by atoms with Crippen LogP contribution in [-0.4, -0.2) is 23.1 Å². The second kappa shape index (κ2) is 8.43. The van der Waals surface area contributed by atoms with Crippen molar-refractivity contribution in [1.82, 2.24) is 4.98 Å². The van der Waals surface area contributed by atoms with E-state index in [1.807, 2.05) is 24.5 Å². The number of hydrogen-bond acceptors (Lipinski definition) is 4. The molecule has 2 aromatic rings. The Labute approximate surface area is 162 Å². The third kappa shape index (κ3) is 4.49. The Hall–Kier alpha value is -1.23. The van der Waals surface area contributed by atoms with E-state index in [-0.39, 0.29) is 18.3 Å². The fourth-order valence-corrected chi connectivity index (χ4v) is 3.93. The molecule has 132 valence electrons. The molecule has 0 aliphatic heterocycles. The van der Waals surface area contributed by atoms with Crippen LogP contribution in [0.4, 0.5) is 0 Å². The molecule has 0 amide bonds. The topological polar surface area (TPSA) is 39.2 Å². The Bertz CT molecular complexity index is 756. The highest BCUT2D eigenvalue weighted by Crippen LogP contribution is 2.32. The van der Waals surface area contributed by atoms with Crippen molar-refractivity contribution in [2.75, 3.05) is 6.26 Å². The van der Waals surface area contributed by atoms with E-state index in [0.717, 1.165) is 17.7 Å². The zero-order valence-corrected chi connectivity index (χ0v) is 16.3. The summed E-state index contributed by atoms with van der Waals surface area (Å²) in [5, 5.41) is 0.805. The normalized spacial score (nSPS) is 14.7. The largest absolute Gasteiger partial charge is 0.490 e. The quantitative estimate of drug-likeness (QED) is 0.453. The Balaban J connectivity index is 1.88. The molecule has 3 nitrogen and oxygen atoms in total. The molecular weight excluding hydrogens is 377 g/mol. The highest BCUT2D eigenvalue weighted by Gasteiger charge is 2.22. The average molecular weight is 396 g/mol. The van der Waals surface area contributed by atoms with Gasteiger partial charge in [-0.2, -0.15) is 0 Å². The van der Waals surface area contributed by atoms with E-state index >= 15 is 0 Å². The first-order valence-electron chi connectivity index (χ1n) is 8.24. The number of Topliss-reactive ketones (excluding diaryl/α,β-unsaturated/α-hetero) is 1. The summed E-state index contributed by atoms with van der Waals surface area (Å²) in [6.45, 7) is 0. The molecule has 0 atom stereocenters. The average Bonchev–Trinajstić information content (AvgIpc) is 3.11. The first-order valence-corrected chi connectivity index (χ1v) is 10.2. The molecule has 0 N–H and O–H groups in total. The Morgan fingerprint density at radius 3 is 2.56 bits per heavy atom. The van der Waals surface area contributed by atoms with Gasteiger partial charge in [-0.1, -0.05) is 23.2 Å². The molecule has 1 fully saturated rings. The number of carbonyl (C=O) groups is 1. The van der Waals surface area contributed by atoms with Gasteiger partial charge in [0.2, 0.25) is 0 Å². The molecule has 1 aliphatic rings. The monoisotopic (exact) mass is 395 g/mol. The highest BCUT2D eigenvalue weighted by molar-refractivity contribution is 7.98. The minimum Gasteiger partial charge on any atom is -0.490 e.